The van der Waals surface area contributed by atoms with Crippen LogP contribution in [-0.4, -0.2) is 45.5 Å². The van der Waals surface area contributed by atoms with Crippen LogP contribution in [0.1, 0.15) is 30.8 Å². The van der Waals surface area contributed by atoms with E-state index >= 15 is 0 Å². The normalized spacial score (nSPS) is 17.9. The summed E-state index contributed by atoms with van der Waals surface area (Å²) >= 11 is 0. The molecule has 2 heterocycles. The van der Waals surface area contributed by atoms with Crippen molar-refractivity contribution in [1.29, 1.82) is 5.26 Å². The Hall–Kier alpha value is -2.16. The van der Waals surface area contributed by atoms with Crippen LogP contribution < -0.4 is 0 Å². The van der Waals surface area contributed by atoms with Crippen molar-refractivity contribution in [3.05, 3.63) is 53.6 Å². The Labute approximate surface area is 150 Å². The first-order valence-corrected chi connectivity index (χ1v) is 9.15. The Morgan fingerprint density at radius 3 is 2.88 bits per heavy atom. The van der Waals surface area contributed by atoms with Crippen molar-refractivity contribution in [3.8, 4) is 6.07 Å². The number of imidazole rings is 1. The Balaban J connectivity index is 1.77. The molecule has 1 aliphatic rings. The lowest BCUT2D eigenvalue weighted by Crippen LogP contribution is -2.36. The largest absolute Gasteiger partial charge is 0.333 e. The van der Waals surface area contributed by atoms with Gasteiger partial charge in [0.25, 0.3) is 0 Å². The number of aromatic nitrogens is 2. The van der Waals surface area contributed by atoms with E-state index in [-0.39, 0.29) is 0 Å². The lowest BCUT2D eigenvalue weighted by atomic mass is 10.1. The zero-order valence-electron chi connectivity index (χ0n) is 15.2. The van der Waals surface area contributed by atoms with Crippen molar-refractivity contribution in [2.24, 2.45) is 5.92 Å². The SMILES string of the molecule is CCN(CC)C[C@@H]1CN(Cc2cccc(C#N)c2)Cc2nccn2C1. The second kappa shape index (κ2) is 8.28. The summed E-state index contributed by atoms with van der Waals surface area (Å²) in [6, 6.07) is 10.2. The van der Waals surface area contributed by atoms with Gasteiger partial charge >= 0.3 is 0 Å². The molecule has 1 atom stereocenters. The summed E-state index contributed by atoms with van der Waals surface area (Å²) in [4.78, 5) is 9.52. The van der Waals surface area contributed by atoms with E-state index < -0.39 is 0 Å². The highest BCUT2D eigenvalue weighted by atomic mass is 15.2. The summed E-state index contributed by atoms with van der Waals surface area (Å²) < 4.78 is 2.31. The van der Waals surface area contributed by atoms with Gasteiger partial charge in [0, 0.05) is 44.5 Å². The molecular weight excluding hydrogens is 310 g/mol. The fourth-order valence-corrected chi connectivity index (χ4v) is 3.70. The van der Waals surface area contributed by atoms with Gasteiger partial charge in [0.1, 0.15) is 5.82 Å². The van der Waals surface area contributed by atoms with Crippen LogP contribution in [0.25, 0.3) is 0 Å². The molecule has 0 amide bonds. The second-order valence-corrected chi connectivity index (χ2v) is 6.83. The van der Waals surface area contributed by atoms with Crippen LogP contribution in [0.15, 0.2) is 36.7 Å². The van der Waals surface area contributed by atoms with Crippen LogP contribution in [0.3, 0.4) is 0 Å². The minimum atomic E-state index is 0.578. The highest BCUT2D eigenvalue weighted by Crippen LogP contribution is 2.19. The van der Waals surface area contributed by atoms with Crippen molar-refractivity contribution < 1.29 is 0 Å². The molecular formula is C20H27N5. The maximum absolute atomic E-state index is 9.13. The van der Waals surface area contributed by atoms with E-state index in [1.807, 2.05) is 24.4 Å². The molecule has 5 heteroatoms. The van der Waals surface area contributed by atoms with Gasteiger partial charge in [-0.25, -0.2) is 4.98 Å². The Morgan fingerprint density at radius 1 is 1.28 bits per heavy atom. The van der Waals surface area contributed by atoms with Crippen molar-refractivity contribution in [3.63, 3.8) is 0 Å². The maximum atomic E-state index is 9.13. The Morgan fingerprint density at radius 2 is 2.12 bits per heavy atom. The van der Waals surface area contributed by atoms with E-state index in [1.54, 1.807) is 0 Å². The maximum Gasteiger partial charge on any atom is 0.122 e. The summed E-state index contributed by atoms with van der Waals surface area (Å²) in [7, 11) is 0. The first kappa shape index (κ1) is 17.7. The molecule has 1 aromatic carbocycles. The molecule has 0 saturated carbocycles. The minimum absolute atomic E-state index is 0.578. The molecule has 0 fully saturated rings. The van der Waals surface area contributed by atoms with E-state index in [4.69, 9.17) is 5.26 Å². The van der Waals surface area contributed by atoms with E-state index in [2.05, 4.69) is 51.5 Å². The summed E-state index contributed by atoms with van der Waals surface area (Å²) in [5.74, 6) is 1.72. The summed E-state index contributed by atoms with van der Waals surface area (Å²) in [6.07, 6.45) is 4.01. The molecule has 0 saturated heterocycles. The lowest BCUT2D eigenvalue weighted by molar-refractivity contribution is 0.174. The standard InChI is InChI=1S/C20H27N5/c1-3-23(4-2)13-19-14-24(16-20-22-8-9-25(20)15-19)12-18-7-5-6-17(10-18)11-21/h5-10,19H,3-4,12-16H2,1-2H3/t19-/m1/s1. The number of benzene rings is 1. The summed E-state index contributed by atoms with van der Waals surface area (Å²) in [6.45, 7) is 11.6. The summed E-state index contributed by atoms with van der Waals surface area (Å²) in [5, 5.41) is 9.13. The molecule has 3 rings (SSSR count). The van der Waals surface area contributed by atoms with Gasteiger partial charge in [0.2, 0.25) is 0 Å². The van der Waals surface area contributed by atoms with Crippen LogP contribution in [0.4, 0.5) is 0 Å². The van der Waals surface area contributed by atoms with E-state index in [1.165, 1.54) is 5.56 Å². The molecule has 2 aromatic rings. The molecule has 1 aliphatic heterocycles. The molecule has 0 bridgehead atoms. The van der Waals surface area contributed by atoms with Gasteiger partial charge in [-0.1, -0.05) is 26.0 Å². The zero-order valence-corrected chi connectivity index (χ0v) is 15.2. The highest BCUT2D eigenvalue weighted by molar-refractivity contribution is 5.32. The van der Waals surface area contributed by atoms with Gasteiger partial charge < -0.3 is 9.47 Å². The molecule has 25 heavy (non-hydrogen) atoms. The predicted molar refractivity (Wildman–Crippen MR) is 98.8 cm³/mol. The molecule has 0 unspecified atom stereocenters. The van der Waals surface area contributed by atoms with Gasteiger partial charge in [0.05, 0.1) is 18.2 Å². The Bertz CT molecular complexity index is 726. The van der Waals surface area contributed by atoms with Gasteiger partial charge in [-0.2, -0.15) is 5.26 Å². The topological polar surface area (TPSA) is 48.1 Å². The quantitative estimate of drug-likeness (QED) is 0.813. The number of nitrogens with zero attached hydrogens (tertiary/aromatic N) is 5. The molecule has 5 nitrogen and oxygen atoms in total. The smallest absolute Gasteiger partial charge is 0.122 e. The van der Waals surface area contributed by atoms with E-state index in [0.717, 1.165) is 57.2 Å². The van der Waals surface area contributed by atoms with Gasteiger partial charge in [-0.15, -0.1) is 0 Å². The minimum Gasteiger partial charge on any atom is -0.333 e. The van der Waals surface area contributed by atoms with Gasteiger partial charge in [-0.05, 0) is 30.8 Å². The van der Waals surface area contributed by atoms with Crippen molar-refractivity contribution in [1.82, 2.24) is 19.4 Å². The molecule has 0 aliphatic carbocycles. The van der Waals surface area contributed by atoms with E-state index in [9.17, 15) is 0 Å². The summed E-state index contributed by atoms with van der Waals surface area (Å²) in [5.41, 5.74) is 1.93. The number of nitriles is 1. The average molecular weight is 337 g/mol. The highest BCUT2D eigenvalue weighted by Gasteiger charge is 2.23. The fraction of sp³-hybridized carbons (Fsp3) is 0.500. The first-order valence-electron chi connectivity index (χ1n) is 9.15. The molecule has 132 valence electrons. The number of fused-ring (bicyclic) bond motifs is 1. The molecule has 0 radical (unpaired) electrons. The third-order valence-electron chi connectivity index (χ3n) is 5.01. The third kappa shape index (κ3) is 4.47. The molecule has 0 N–H and O–H groups in total. The van der Waals surface area contributed by atoms with Crippen molar-refractivity contribution in [2.75, 3.05) is 26.2 Å². The average Bonchev–Trinajstić information content (AvgIpc) is 2.99. The molecule has 1 aromatic heterocycles. The van der Waals surface area contributed by atoms with Crippen LogP contribution in [0.5, 0.6) is 0 Å². The van der Waals surface area contributed by atoms with Crippen LogP contribution in [0, 0.1) is 17.2 Å². The lowest BCUT2D eigenvalue weighted by Gasteiger charge is -2.28. The van der Waals surface area contributed by atoms with Crippen molar-refractivity contribution in [2.45, 2.75) is 33.5 Å². The van der Waals surface area contributed by atoms with E-state index in [0.29, 0.717) is 5.92 Å². The van der Waals surface area contributed by atoms with Gasteiger partial charge in [0.15, 0.2) is 0 Å². The third-order valence-corrected chi connectivity index (χ3v) is 5.01. The Kier molecular flexibility index (Phi) is 5.85. The number of hydrogen-bond acceptors (Lipinski definition) is 4. The second-order valence-electron chi connectivity index (χ2n) is 6.83. The zero-order chi connectivity index (χ0) is 17.6. The van der Waals surface area contributed by atoms with Crippen LogP contribution in [0.2, 0.25) is 0 Å². The molecule has 0 spiro atoms. The van der Waals surface area contributed by atoms with Crippen LogP contribution >= 0.6 is 0 Å². The monoisotopic (exact) mass is 337 g/mol. The van der Waals surface area contributed by atoms with Crippen molar-refractivity contribution >= 4 is 0 Å². The van der Waals surface area contributed by atoms with Crippen LogP contribution in [-0.2, 0) is 19.6 Å². The number of hydrogen-bond donors (Lipinski definition) is 0. The number of rotatable bonds is 6. The predicted octanol–water partition coefficient (Wildman–Crippen LogP) is 2.73. The van der Waals surface area contributed by atoms with Gasteiger partial charge in [-0.3, -0.25) is 4.90 Å². The fourth-order valence-electron chi connectivity index (χ4n) is 3.70. The first-order chi connectivity index (χ1) is 12.2.